The number of aliphatic hydroxyl groups excluding tert-OH is 1. The van der Waals surface area contributed by atoms with E-state index in [2.05, 4.69) is 9.98 Å². The molecule has 7 nitrogen and oxygen atoms in total. The SMILES string of the molecule is CCN=CC=C(N)c1ccc(Cc2cc3c(c(F)c2C)OCN([C@H]2CCC[C@@H]2O)C3=O)cn1. The summed E-state index contributed by atoms with van der Waals surface area (Å²) >= 11 is 0. The number of aliphatic imine (C=N–C) groups is 1. The average Bonchev–Trinajstić information content (AvgIpc) is 3.24. The van der Waals surface area contributed by atoms with Crippen LogP contribution < -0.4 is 10.5 Å². The second-order valence-electron chi connectivity index (χ2n) is 8.46. The number of hydrogen-bond donors (Lipinski definition) is 2. The molecule has 0 unspecified atom stereocenters. The van der Waals surface area contributed by atoms with Gasteiger partial charge in [0.1, 0.15) is 0 Å². The van der Waals surface area contributed by atoms with Crippen LogP contribution in [0.5, 0.6) is 5.75 Å². The Labute approximate surface area is 192 Å². The molecule has 1 saturated carbocycles. The molecule has 33 heavy (non-hydrogen) atoms. The van der Waals surface area contributed by atoms with Gasteiger partial charge in [-0.05, 0) is 74.4 Å². The highest BCUT2D eigenvalue weighted by Crippen LogP contribution is 2.36. The number of aromatic nitrogens is 1. The van der Waals surface area contributed by atoms with Crippen molar-refractivity contribution in [2.75, 3.05) is 13.3 Å². The van der Waals surface area contributed by atoms with Crippen molar-refractivity contribution in [3.05, 3.63) is 64.2 Å². The second kappa shape index (κ2) is 9.70. The zero-order valence-corrected chi connectivity index (χ0v) is 18.9. The van der Waals surface area contributed by atoms with Gasteiger partial charge in [-0.1, -0.05) is 6.07 Å². The maximum atomic E-state index is 15.1. The highest BCUT2D eigenvalue weighted by atomic mass is 19.1. The molecule has 1 fully saturated rings. The largest absolute Gasteiger partial charge is 0.469 e. The zero-order chi connectivity index (χ0) is 23.5. The van der Waals surface area contributed by atoms with Gasteiger partial charge in [-0.3, -0.25) is 19.7 Å². The van der Waals surface area contributed by atoms with Crippen LogP contribution in [0.3, 0.4) is 0 Å². The van der Waals surface area contributed by atoms with E-state index in [4.69, 9.17) is 10.5 Å². The van der Waals surface area contributed by atoms with Crippen molar-refractivity contribution in [1.29, 1.82) is 0 Å². The Morgan fingerprint density at radius 3 is 2.91 bits per heavy atom. The molecule has 2 aliphatic rings. The fourth-order valence-electron chi connectivity index (χ4n) is 4.38. The van der Waals surface area contributed by atoms with Gasteiger partial charge in [-0.15, -0.1) is 0 Å². The number of aliphatic hydroxyl groups is 1. The summed E-state index contributed by atoms with van der Waals surface area (Å²) in [7, 11) is 0. The van der Waals surface area contributed by atoms with Gasteiger partial charge in [0.2, 0.25) is 0 Å². The monoisotopic (exact) mass is 452 g/mol. The first kappa shape index (κ1) is 22.9. The molecule has 2 heterocycles. The van der Waals surface area contributed by atoms with Crippen molar-refractivity contribution in [2.45, 2.75) is 51.7 Å². The Bertz CT molecular complexity index is 1100. The van der Waals surface area contributed by atoms with Crippen molar-refractivity contribution in [3.8, 4) is 5.75 Å². The Morgan fingerprint density at radius 1 is 1.42 bits per heavy atom. The fraction of sp³-hybridized carbons (Fsp3) is 0.400. The molecule has 174 valence electrons. The third-order valence-corrected chi connectivity index (χ3v) is 6.31. The molecule has 2 aromatic rings. The number of fused-ring (bicyclic) bond motifs is 1. The van der Waals surface area contributed by atoms with E-state index in [1.807, 2.05) is 19.1 Å². The number of pyridine rings is 1. The smallest absolute Gasteiger partial charge is 0.260 e. The lowest BCUT2D eigenvalue weighted by Crippen LogP contribution is -2.48. The number of amides is 1. The van der Waals surface area contributed by atoms with Gasteiger partial charge in [0.25, 0.3) is 5.91 Å². The predicted molar refractivity (Wildman–Crippen MR) is 125 cm³/mol. The molecule has 0 saturated heterocycles. The Morgan fingerprint density at radius 2 is 2.24 bits per heavy atom. The van der Waals surface area contributed by atoms with Gasteiger partial charge in [0.05, 0.1) is 29.1 Å². The summed E-state index contributed by atoms with van der Waals surface area (Å²) in [6.45, 7) is 4.25. The molecule has 1 aliphatic heterocycles. The first-order valence-corrected chi connectivity index (χ1v) is 11.2. The normalized spacial score (nSPS) is 20.9. The van der Waals surface area contributed by atoms with E-state index in [9.17, 15) is 9.90 Å². The summed E-state index contributed by atoms with van der Waals surface area (Å²) in [6, 6.07) is 5.10. The summed E-state index contributed by atoms with van der Waals surface area (Å²) in [4.78, 5) is 23.2. The van der Waals surface area contributed by atoms with E-state index in [1.165, 1.54) is 4.90 Å². The third kappa shape index (κ3) is 4.61. The van der Waals surface area contributed by atoms with E-state index in [1.54, 1.807) is 31.5 Å². The lowest BCUT2D eigenvalue weighted by atomic mass is 9.96. The summed E-state index contributed by atoms with van der Waals surface area (Å²) in [5, 5.41) is 10.2. The van der Waals surface area contributed by atoms with Gasteiger partial charge < -0.3 is 15.6 Å². The highest BCUT2D eigenvalue weighted by molar-refractivity contribution is 5.98. The molecule has 0 bridgehead atoms. The van der Waals surface area contributed by atoms with Gasteiger partial charge in [0, 0.05) is 19.0 Å². The van der Waals surface area contributed by atoms with Crippen LogP contribution in [0.2, 0.25) is 0 Å². The summed E-state index contributed by atoms with van der Waals surface area (Å²) in [5.41, 5.74) is 9.36. The number of carbonyl (C=O) groups is 1. The van der Waals surface area contributed by atoms with E-state index < -0.39 is 11.9 Å². The number of nitrogens with zero attached hydrogens (tertiary/aromatic N) is 3. The van der Waals surface area contributed by atoms with Crippen LogP contribution in [0.15, 0.2) is 35.5 Å². The van der Waals surface area contributed by atoms with Crippen LogP contribution in [0, 0.1) is 12.7 Å². The van der Waals surface area contributed by atoms with E-state index in [-0.39, 0.29) is 30.0 Å². The van der Waals surface area contributed by atoms with Gasteiger partial charge in [0.15, 0.2) is 18.3 Å². The van der Waals surface area contributed by atoms with Crippen molar-refractivity contribution in [3.63, 3.8) is 0 Å². The number of nitrogens with two attached hydrogens (primary N) is 1. The molecule has 1 aromatic heterocycles. The first-order chi connectivity index (χ1) is 15.9. The standard InChI is InChI=1S/C25H29FN4O3/c1-3-28-10-9-19(27)20-8-7-16(13-29-20)11-17-12-18-24(23(26)15(17)2)33-14-30(25(18)32)21-5-4-6-22(21)31/h7-10,12-13,21-22,31H,3-6,11,14,27H2,1-2H3/t21-,22-/m0/s1. The van der Waals surface area contributed by atoms with Crippen molar-refractivity contribution < 1.29 is 19.0 Å². The molecule has 4 rings (SSSR count). The number of hydrogen-bond acceptors (Lipinski definition) is 6. The lowest BCUT2D eigenvalue weighted by molar-refractivity contribution is 0.0115. The van der Waals surface area contributed by atoms with Crippen molar-refractivity contribution >= 4 is 17.8 Å². The zero-order valence-electron chi connectivity index (χ0n) is 18.9. The predicted octanol–water partition coefficient (Wildman–Crippen LogP) is 3.22. The number of allylic oxidation sites excluding steroid dienone is 1. The molecule has 0 radical (unpaired) electrons. The lowest BCUT2D eigenvalue weighted by Gasteiger charge is -2.35. The highest BCUT2D eigenvalue weighted by Gasteiger charge is 2.39. The molecule has 3 N–H and O–H groups in total. The first-order valence-electron chi connectivity index (χ1n) is 11.2. The minimum absolute atomic E-state index is 0.00915. The maximum absolute atomic E-state index is 15.1. The number of ether oxygens (including phenoxy) is 1. The molecule has 2 atom stereocenters. The third-order valence-electron chi connectivity index (χ3n) is 6.31. The number of halogens is 1. The summed E-state index contributed by atoms with van der Waals surface area (Å²) in [5.74, 6) is -0.831. The second-order valence-corrected chi connectivity index (χ2v) is 8.46. The van der Waals surface area contributed by atoms with Gasteiger partial charge in [-0.2, -0.15) is 0 Å². The van der Waals surface area contributed by atoms with E-state index in [0.717, 1.165) is 12.0 Å². The van der Waals surface area contributed by atoms with Crippen molar-refractivity contribution in [2.24, 2.45) is 10.7 Å². The Balaban J connectivity index is 1.58. The molecule has 1 aliphatic carbocycles. The molecule has 8 heteroatoms. The number of carbonyl (C=O) groups excluding carboxylic acids is 1. The molecule has 0 spiro atoms. The van der Waals surface area contributed by atoms with Gasteiger partial charge in [-0.25, -0.2) is 4.39 Å². The maximum Gasteiger partial charge on any atom is 0.260 e. The number of rotatable bonds is 6. The van der Waals surface area contributed by atoms with Gasteiger partial charge >= 0.3 is 0 Å². The molecule has 1 amide bonds. The average molecular weight is 453 g/mol. The summed E-state index contributed by atoms with van der Waals surface area (Å²) in [6.07, 6.45) is 7.10. The topological polar surface area (TPSA) is 101 Å². The molecule has 1 aromatic carbocycles. The van der Waals surface area contributed by atoms with Crippen LogP contribution >= 0.6 is 0 Å². The van der Waals surface area contributed by atoms with E-state index in [0.29, 0.717) is 48.3 Å². The molecular formula is C25H29FN4O3. The van der Waals surface area contributed by atoms with Crippen LogP contribution in [0.1, 0.15) is 58.9 Å². The van der Waals surface area contributed by atoms with E-state index >= 15 is 4.39 Å². The van der Waals surface area contributed by atoms with Crippen LogP contribution in [-0.2, 0) is 6.42 Å². The Kier molecular flexibility index (Phi) is 6.74. The summed E-state index contributed by atoms with van der Waals surface area (Å²) < 4.78 is 20.8. The van der Waals surface area contributed by atoms with Crippen LogP contribution in [0.4, 0.5) is 4.39 Å². The van der Waals surface area contributed by atoms with Crippen LogP contribution in [0.25, 0.3) is 5.70 Å². The number of benzene rings is 1. The van der Waals surface area contributed by atoms with Crippen LogP contribution in [-0.4, -0.2) is 52.5 Å². The molecular weight excluding hydrogens is 423 g/mol. The quantitative estimate of drug-likeness (QED) is 0.656. The minimum atomic E-state index is -0.576. The van der Waals surface area contributed by atoms with Crippen molar-refractivity contribution in [1.82, 2.24) is 9.88 Å². The fourth-order valence-corrected chi connectivity index (χ4v) is 4.38. The Hall–Kier alpha value is -3.26. The minimum Gasteiger partial charge on any atom is -0.469 e.